The molecule has 0 bridgehead atoms. The van der Waals surface area contributed by atoms with E-state index in [0.717, 1.165) is 0 Å². The Kier molecular flexibility index (Phi) is 3.05. The summed E-state index contributed by atoms with van der Waals surface area (Å²) in [4.78, 5) is 0. The predicted molar refractivity (Wildman–Crippen MR) is 34.9 cm³/mol. The second-order valence-corrected chi connectivity index (χ2v) is 3.70. The smallest absolute Gasteiger partial charge is 0.119 e. The van der Waals surface area contributed by atoms with E-state index in [9.17, 15) is 0 Å². The van der Waals surface area contributed by atoms with Gasteiger partial charge in [-0.3, -0.25) is 0 Å². The molecule has 0 aromatic carbocycles. The van der Waals surface area contributed by atoms with Gasteiger partial charge in [-0.2, -0.15) is 0 Å². The van der Waals surface area contributed by atoms with Crippen LogP contribution < -0.4 is 5.73 Å². The molecule has 0 aromatic rings. The summed E-state index contributed by atoms with van der Waals surface area (Å²) >= 11 is 10.9. The number of aliphatic hydroxyl groups excluding tert-OH is 1. The van der Waals surface area contributed by atoms with E-state index in [1.807, 2.05) is 0 Å². The normalized spacial score (nSPS) is 16.1. The lowest BCUT2D eigenvalue weighted by Crippen LogP contribution is -2.26. The molecule has 0 radical (unpaired) electrons. The Bertz CT molecular complexity index is 68.9. The van der Waals surface area contributed by atoms with Crippen LogP contribution in [0.5, 0.6) is 0 Å². The van der Waals surface area contributed by atoms with Crippen molar-refractivity contribution in [3.8, 4) is 0 Å². The number of hydrogen-bond donors (Lipinski definition) is 2. The van der Waals surface area contributed by atoms with Crippen LogP contribution in [-0.4, -0.2) is 15.7 Å². The topological polar surface area (TPSA) is 46.2 Å². The van der Waals surface area contributed by atoms with E-state index in [0.29, 0.717) is 0 Å². The molecule has 4 heteroatoms. The molecule has 0 fully saturated rings. The Morgan fingerprint density at radius 3 is 2.12 bits per heavy atom. The van der Waals surface area contributed by atoms with Crippen LogP contribution in [0.15, 0.2) is 0 Å². The first-order valence-corrected chi connectivity index (χ1v) is 2.99. The molecule has 0 aromatic heterocycles. The van der Waals surface area contributed by atoms with Gasteiger partial charge in [0.05, 0.1) is 0 Å². The van der Waals surface area contributed by atoms with Gasteiger partial charge in [0, 0.05) is 6.42 Å². The quantitative estimate of drug-likeness (QED) is 0.462. The van der Waals surface area contributed by atoms with Crippen molar-refractivity contribution in [1.82, 2.24) is 0 Å². The van der Waals surface area contributed by atoms with Crippen molar-refractivity contribution >= 4 is 23.2 Å². The summed E-state index contributed by atoms with van der Waals surface area (Å²) in [6.45, 7) is 1.58. The summed E-state index contributed by atoms with van der Waals surface area (Å²) in [7, 11) is 0. The fraction of sp³-hybridized carbons (Fsp3) is 1.00. The maximum Gasteiger partial charge on any atom is 0.119 e. The van der Waals surface area contributed by atoms with E-state index in [4.69, 9.17) is 34.0 Å². The third-order valence-corrected chi connectivity index (χ3v) is 0.876. The van der Waals surface area contributed by atoms with Gasteiger partial charge in [0.25, 0.3) is 0 Å². The second kappa shape index (κ2) is 2.87. The zero-order valence-corrected chi connectivity index (χ0v) is 6.08. The maximum absolute atomic E-state index is 8.50. The van der Waals surface area contributed by atoms with Crippen molar-refractivity contribution in [2.75, 3.05) is 0 Å². The van der Waals surface area contributed by atoms with Crippen LogP contribution in [0.4, 0.5) is 0 Å². The van der Waals surface area contributed by atoms with E-state index in [1.165, 1.54) is 0 Å². The first kappa shape index (κ1) is 8.50. The summed E-state index contributed by atoms with van der Waals surface area (Å²) in [5, 5.41) is 8.50. The van der Waals surface area contributed by atoms with Crippen LogP contribution in [0, 0.1) is 0 Å². The minimum Gasteiger partial charge on any atom is -0.379 e. The zero-order chi connectivity index (χ0) is 6.78. The van der Waals surface area contributed by atoms with Crippen LogP contribution in [0.1, 0.15) is 13.3 Å². The van der Waals surface area contributed by atoms with Crippen molar-refractivity contribution < 1.29 is 5.11 Å². The standard InChI is InChI=1S/C4H9Cl2NO/c1-4(5,6)2-3(7)8/h3,8H,2,7H2,1H3. The molecule has 0 saturated heterocycles. The zero-order valence-electron chi connectivity index (χ0n) is 4.56. The molecular formula is C4H9Cl2NO. The van der Waals surface area contributed by atoms with Crippen molar-refractivity contribution in [3.05, 3.63) is 0 Å². The average Bonchev–Trinajstić information content (AvgIpc) is 1.21. The van der Waals surface area contributed by atoms with E-state index in [-0.39, 0.29) is 6.42 Å². The number of hydrogen-bond acceptors (Lipinski definition) is 2. The second-order valence-electron chi connectivity index (χ2n) is 1.84. The highest BCUT2D eigenvalue weighted by Crippen LogP contribution is 2.24. The average molecular weight is 158 g/mol. The first-order valence-electron chi connectivity index (χ1n) is 2.23. The number of aliphatic hydroxyl groups is 1. The monoisotopic (exact) mass is 157 g/mol. The Morgan fingerprint density at radius 2 is 2.12 bits per heavy atom. The largest absolute Gasteiger partial charge is 0.379 e. The fourth-order valence-electron chi connectivity index (χ4n) is 0.367. The van der Waals surface area contributed by atoms with Crippen LogP contribution in [0.25, 0.3) is 0 Å². The molecular weight excluding hydrogens is 149 g/mol. The summed E-state index contributed by atoms with van der Waals surface area (Å²) in [5.74, 6) is 0. The van der Waals surface area contributed by atoms with Gasteiger partial charge in [-0.15, -0.1) is 23.2 Å². The predicted octanol–water partition coefficient (Wildman–Crippen LogP) is 0.847. The molecule has 50 valence electrons. The SMILES string of the molecule is CC(Cl)(Cl)CC(N)O. The Labute approximate surface area is 58.6 Å². The van der Waals surface area contributed by atoms with Crippen LogP contribution >= 0.6 is 23.2 Å². The maximum atomic E-state index is 8.50. The van der Waals surface area contributed by atoms with Gasteiger partial charge in [-0.1, -0.05) is 0 Å². The highest BCUT2D eigenvalue weighted by atomic mass is 35.5. The highest BCUT2D eigenvalue weighted by molar-refractivity contribution is 6.48. The lowest BCUT2D eigenvalue weighted by atomic mass is 10.3. The van der Waals surface area contributed by atoms with Crippen molar-refractivity contribution in [3.63, 3.8) is 0 Å². The van der Waals surface area contributed by atoms with E-state index in [2.05, 4.69) is 0 Å². The van der Waals surface area contributed by atoms with Gasteiger partial charge >= 0.3 is 0 Å². The lowest BCUT2D eigenvalue weighted by Gasteiger charge is -2.13. The number of nitrogens with two attached hydrogens (primary N) is 1. The van der Waals surface area contributed by atoms with E-state index in [1.54, 1.807) is 6.92 Å². The Balaban J connectivity index is 3.39. The number of halogens is 2. The Morgan fingerprint density at radius 1 is 1.75 bits per heavy atom. The van der Waals surface area contributed by atoms with Crippen LogP contribution in [-0.2, 0) is 0 Å². The first-order chi connectivity index (χ1) is 3.42. The van der Waals surface area contributed by atoms with Gasteiger partial charge in [-0.05, 0) is 6.92 Å². The molecule has 0 aliphatic rings. The number of rotatable bonds is 2. The molecule has 3 N–H and O–H groups in total. The third-order valence-electron chi connectivity index (χ3n) is 0.568. The minimum absolute atomic E-state index is 0.191. The lowest BCUT2D eigenvalue weighted by molar-refractivity contribution is 0.168. The summed E-state index contributed by atoms with van der Waals surface area (Å²) in [6.07, 6.45) is -0.731. The summed E-state index contributed by atoms with van der Waals surface area (Å²) < 4.78 is -0.909. The highest BCUT2D eigenvalue weighted by Gasteiger charge is 2.18. The van der Waals surface area contributed by atoms with E-state index >= 15 is 0 Å². The number of alkyl halides is 2. The molecule has 0 spiro atoms. The van der Waals surface area contributed by atoms with Crippen molar-refractivity contribution in [2.45, 2.75) is 23.9 Å². The van der Waals surface area contributed by atoms with Crippen LogP contribution in [0.3, 0.4) is 0 Å². The molecule has 2 nitrogen and oxygen atoms in total. The molecule has 0 rings (SSSR count). The van der Waals surface area contributed by atoms with Gasteiger partial charge in [0.15, 0.2) is 0 Å². The molecule has 0 heterocycles. The summed E-state index contributed by atoms with van der Waals surface area (Å²) in [5.41, 5.74) is 4.97. The molecule has 0 aliphatic heterocycles. The molecule has 1 unspecified atom stereocenters. The minimum atomic E-state index is -0.921. The fourth-order valence-corrected chi connectivity index (χ4v) is 0.683. The van der Waals surface area contributed by atoms with Crippen molar-refractivity contribution in [2.24, 2.45) is 5.73 Å². The van der Waals surface area contributed by atoms with E-state index < -0.39 is 10.6 Å². The summed E-state index contributed by atoms with van der Waals surface area (Å²) in [6, 6.07) is 0. The molecule has 0 amide bonds. The third kappa shape index (κ3) is 6.50. The molecule has 0 aliphatic carbocycles. The molecule has 0 saturated carbocycles. The Hall–Kier alpha value is 0.500. The van der Waals surface area contributed by atoms with Gasteiger partial charge < -0.3 is 10.8 Å². The van der Waals surface area contributed by atoms with Gasteiger partial charge in [-0.25, -0.2) is 0 Å². The molecule has 8 heavy (non-hydrogen) atoms. The van der Waals surface area contributed by atoms with Gasteiger partial charge in [0.2, 0.25) is 0 Å². The molecule has 1 atom stereocenters. The van der Waals surface area contributed by atoms with Crippen LogP contribution in [0.2, 0.25) is 0 Å². The van der Waals surface area contributed by atoms with Gasteiger partial charge in [0.1, 0.15) is 10.6 Å². The van der Waals surface area contributed by atoms with Crippen molar-refractivity contribution in [1.29, 1.82) is 0 Å².